The van der Waals surface area contributed by atoms with Gasteiger partial charge >= 0.3 is 8.80 Å². The minimum absolute atomic E-state index is 0.114. The SMILES string of the molecule is CCCCCCC(N)C[Si](OC)(OC)OC. The summed E-state index contributed by atoms with van der Waals surface area (Å²) in [5, 5.41) is 0. The lowest BCUT2D eigenvalue weighted by molar-refractivity contribution is 0.121. The third-order valence-electron chi connectivity index (χ3n) is 2.87. The molecule has 0 radical (unpaired) electrons. The summed E-state index contributed by atoms with van der Waals surface area (Å²) >= 11 is 0. The molecule has 16 heavy (non-hydrogen) atoms. The van der Waals surface area contributed by atoms with Crippen LogP contribution in [-0.4, -0.2) is 36.2 Å². The van der Waals surface area contributed by atoms with Crippen LogP contribution in [0.1, 0.15) is 39.0 Å². The molecule has 0 aromatic rings. The van der Waals surface area contributed by atoms with Crippen molar-refractivity contribution in [1.29, 1.82) is 0 Å². The summed E-state index contributed by atoms with van der Waals surface area (Å²) < 4.78 is 16.0. The standard InChI is InChI=1S/C11H27NO3Si/c1-5-6-7-8-9-11(12)10-16(13-2,14-3)15-4/h11H,5-10,12H2,1-4H3. The molecule has 1 unspecified atom stereocenters. The Morgan fingerprint density at radius 3 is 2.00 bits per heavy atom. The first-order valence-electron chi connectivity index (χ1n) is 6.05. The van der Waals surface area contributed by atoms with Gasteiger partial charge in [0.1, 0.15) is 0 Å². The highest BCUT2D eigenvalue weighted by Crippen LogP contribution is 2.17. The van der Waals surface area contributed by atoms with Crippen LogP contribution in [0, 0.1) is 0 Å². The molecule has 0 aromatic carbocycles. The minimum atomic E-state index is -2.47. The highest BCUT2D eigenvalue weighted by atomic mass is 28.4. The van der Waals surface area contributed by atoms with Crippen molar-refractivity contribution >= 4 is 8.80 Å². The van der Waals surface area contributed by atoms with Crippen LogP contribution in [0.2, 0.25) is 6.04 Å². The van der Waals surface area contributed by atoms with Crippen LogP contribution >= 0.6 is 0 Å². The quantitative estimate of drug-likeness (QED) is 0.476. The normalized spacial score (nSPS) is 14.1. The van der Waals surface area contributed by atoms with E-state index in [4.69, 9.17) is 19.0 Å². The average molecular weight is 249 g/mol. The van der Waals surface area contributed by atoms with E-state index in [1.807, 2.05) is 0 Å². The van der Waals surface area contributed by atoms with Crippen LogP contribution in [0.3, 0.4) is 0 Å². The van der Waals surface area contributed by atoms with Gasteiger partial charge in [-0.05, 0) is 6.42 Å². The Balaban J connectivity index is 3.86. The lowest BCUT2D eigenvalue weighted by Crippen LogP contribution is -2.47. The zero-order chi connectivity index (χ0) is 12.4. The van der Waals surface area contributed by atoms with Gasteiger partial charge in [0.15, 0.2) is 0 Å². The summed E-state index contributed by atoms with van der Waals surface area (Å²) in [7, 11) is 2.41. The zero-order valence-corrected chi connectivity index (χ0v) is 12.1. The van der Waals surface area contributed by atoms with E-state index in [1.165, 1.54) is 25.7 Å². The van der Waals surface area contributed by atoms with Crippen molar-refractivity contribution in [2.45, 2.75) is 51.1 Å². The molecule has 0 heterocycles. The van der Waals surface area contributed by atoms with Gasteiger partial charge in [0.2, 0.25) is 0 Å². The zero-order valence-electron chi connectivity index (χ0n) is 11.1. The van der Waals surface area contributed by atoms with E-state index in [-0.39, 0.29) is 6.04 Å². The van der Waals surface area contributed by atoms with Crippen LogP contribution in [0.4, 0.5) is 0 Å². The molecule has 0 spiro atoms. The molecule has 0 amide bonds. The molecule has 0 bridgehead atoms. The van der Waals surface area contributed by atoms with Crippen LogP contribution in [0.5, 0.6) is 0 Å². The lowest BCUT2D eigenvalue weighted by atomic mass is 10.1. The maximum Gasteiger partial charge on any atom is 0.501 e. The number of hydrogen-bond donors (Lipinski definition) is 1. The lowest BCUT2D eigenvalue weighted by Gasteiger charge is -2.27. The molecule has 0 aliphatic heterocycles. The van der Waals surface area contributed by atoms with Crippen LogP contribution in [0.25, 0.3) is 0 Å². The fraction of sp³-hybridized carbons (Fsp3) is 1.00. The van der Waals surface area contributed by atoms with Crippen molar-refractivity contribution in [3.63, 3.8) is 0 Å². The van der Waals surface area contributed by atoms with Gasteiger partial charge in [-0.15, -0.1) is 0 Å². The van der Waals surface area contributed by atoms with E-state index in [9.17, 15) is 0 Å². The smallest absolute Gasteiger partial charge is 0.377 e. The molecule has 5 heteroatoms. The van der Waals surface area contributed by atoms with Gasteiger partial charge in [-0.1, -0.05) is 32.6 Å². The Morgan fingerprint density at radius 1 is 1.00 bits per heavy atom. The van der Waals surface area contributed by atoms with Gasteiger partial charge < -0.3 is 19.0 Å². The Bertz CT molecular complexity index is 157. The maximum absolute atomic E-state index is 6.06. The molecule has 0 saturated heterocycles. The van der Waals surface area contributed by atoms with E-state index in [2.05, 4.69) is 6.92 Å². The second kappa shape index (κ2) is 9.12. The van der Waals surface area contributed by atoms with Gasteiger partial charge in [-0.2, -0.15) is 0 Å². The highest BCUT2D eigenvalue weighted by Gasteiger charge is 2.39. The molecular weight excluding hydrogens is 222 g/mol. The molecular formula is C11H27NO3Si. The number of rotatable bonds is 10. The summed E-state index contributed by atoms with van der Waals surface area (Å²) in [4.78, 5) is 0. The molecule has 0 fully saturated rings. The molecule has 4 nitrogen and oxygen atoms in total. The van der Waals surface area contributed by atoms with Gasteiger partial charge in [0, 0.05) is 33.4 Å². The minimum Gasteiger partial charge on any atom is -0.377 e. The van der Waals surface area contributed by atoms with Gasteiger partial charge in [0.05, 0.1) is 0 Å². The second-order valence-electron chi connectivity index (χ2n) is 4.11. The fourth-order valence-electron chi connectivity index (χ4n) is 1.76. The first-order chi connectivity index (χ1) is 7.64. The van der Waals surface area contributed by atoms with Gasteiger partial charge in [-0.25, -0.2) is 0 Å². The predicted molar refractivity (Wildman–Crippen MR) is 68.3 cm³/mol. The van der Waals surface area contributed by atoms with Crippen molar-refractivity contribution in [2.75, 3.05) is 21.3 Å². The number of nitrogens with two attached hydrogens (primary N) is 1. The first-order valence-corrected chi connectivity index (χ1v) is 7.98. The van der Waals surface area contributed by atoms with Gasteiger partial charge in [0.25, 0.3) is 0 Å². The van der Waals surface area contributed by atoms with Crippen molar-refractivity contribution < 1.29 is 13.3 Å². The maximum atomic E-state index is 6.06. The molecule has 98 valence electrons. The summed E-state index contributed by atoms with van der Waals surface area (Å²) in [6.07, 6.45) is 5.99. The number of hydrogen-bond acceptors (Lipinski definition) is 4. The summed E-state index contributed by atoms with van der Waals surface area (Å²) in [6.45, 7) is 2.21. The highest BCUT2D eigenvalue weighted by molar-refractivity contribution is 6.60. The Labute approximate surface area is 101 Å². The third kappa shape index (κ3) is 5.96. The predicted octanol–water partition coefficient (Wildman–Crippen LogP) is 2.16. The Kier molecular flexibility index (Phi) is 9.16. The topological polar surface area (TPSA) is 53.7 Å². The second-order valence-corrected chi connectivity index (χ2v) is 7.11. The Morgan fingerprint density at radius 2 is 1.56 bits per heavy atom. The molecule has 2 N–H and O–H groups in total. The first kappa shape index (κ1) is 16.1. The fourth-order valence-corrected chi connectivity index (χ4v) is 3.60. The van der Waals surface area contributed by atoms with Crippen molar-refractivity contribution in [2.24, 2.45) is 5.73 Å². The molecule has 0 saturated carbocycles. The monoisotopic (exact) mass is 249 g/mol. The van der Waals surface area contributed by atoms with E-state index in [0.29, 0.717) is 6.04 Å². The van der Waals surface area contributed by atoms with E-state index >= 15 is 0 Å². The molecule has 0 rings (SSSR count). The summed E-state index contributed by atoms with van der Waals surface area (Å²) in [5.74, 6) is 0. The van der Waals surface area contributed by atoms with E-state index in [1.54, 1.807) is 21.3 Å². The van der Waals surface area contributed by atoms with Gasteiger partial charge in [-0.3, -0.25) is 0 Å². The summed E-state index contributed by atoms with van der Waals surface area (Å²) in [6, 6.07) is 0.811. The largest absolute Gasteiger partial charge is 0.501 e. The van der Waals surface area contributed by atoms with Crippen molar-refractivity contribution in [3.8, 4) is 0 Å². The van der Waals surface area contributed by atoms with E-state index < -0.39 is 8.80 Å². The molecule has 1 atom stereocenters. The van der Waals surface area contributed by atoms with Crippen molar-refractivity contribution in [1.82, 2.24) is 0 Å². The van der Waals surface area contributed by atoms with Crippen LogP contribution in [-0.2, 0) is 13.3 Å². The average Bonchev–Trinajstić information content (AvgIpc) is 2.32. The molecule has 0 aliphatic rings. The number of unbranched alkanes of at least 4 members (excludes halogenated alkanes) is 3. The van der Waals surface area contributed by atoms with Crippen molar-refractivity contribution in [3.05, 3.63) is 0 Å². The third-order valence-corrected chi connectivity index (χ3v) is 5.76. The van der Waals surface area contributed by atoms with Crippen LogP contribution < -0.4 is 5.73 Å². The van der Waals surface area contributed by atoms with Crippen LogP contribution in [0.15, 0.2) is 0 Å². The van der Waals surface area contributed by atoms with E-state index in [0.717, 1.165) is 6.42 Å². The molecule has 0 aliphatic carbocycles. The summed E-state index contributed by atoms with van der Waals surface area (Å²) in [5.41, 5.74) is 6.06. The molecule has 0 aromatic heterocycles. The Hall–Kier alpha value is 0.0569.